The predicted molar refractivity (Wildman–Crippen MR) is 78.5 cm³/mol. The summed E-state index contributed by atoms with van der Waals surface area (Å²) in [5.74, 6) is 0. The molecule has 1 fully saturated rings. The molecule has 1 aromatic heterocycles. The van der Waals surface area contributed by atoms with Gasteiger partial charge >= 0.3 is 0 Å². The van der Waals surface area contributed by atoms with Gasteiger partial charge in [0.05, 0.1) is 18.2 Å². The second-order valence-corrected chi connectivity index (χ2v) is 5.46. The van der Waals surface area contributed by atoms with Crippen LogP contribution in [0, 0.1) is 0 Å². The zero-order chi connectivity index (χ0) is 14.2. The Kier molecular flexibility index (Phi) is 6.50. The lowest BCUT2D eigenvalue weighted by atomic mass is 10.1. The van der Waals surface area contributed by atoms with Crippen LogP contribution in [0.15, 0.2) is 12.5 Å². The van der Waals surface area contributed by atoms with E-state index in [-0.39, 0.29) is 6.29 Å². The summed E-state index contributed by atoms with van der Waals surface area (Å²) in [5.41, 5.74) is 0.970. The molecule has 1 saturated carbocycles. The summed E-state index contributed by atoms with van der Waals surface area (Å²) in [4.78, 5) is 4.19. The fraction of sp³-hybridized carbons (Fsp3) is 0.800. The highest BCUT2D eigenvalue weighted by atomic mass is 16.7. The first-order valence-corrected chi connectivity index (χ1v) is 7.64. The van der Waals surface area contributed by atoms with Crippen molar-refractivity contribution in [2.45, 2.75) is 57.4 Å². The van der Waals surface area contributed by atoms with Crippen molar-refractivity contribution in [1.29, 1.82) is 0 Å². The maximum atomic E-state index is 5.29. The van der Waals surface area contributed by atoms with Gasteiger partial charge in [-0.15, -0.1) is 0 Å². The van der Waals surface area contributed by atoms with Crippen LogP contribution in [0.25, 0.3) is 0 Å². The molecule has 1 N–H and O–H groups in total. The van der Waals surface area contributed by atoms with Crippen molar-refractivity contribution in [3.05, 3.63) is 18.2 Å². The maximum absolute atomic E-state index is 5.29. The van der Waals surface area contributed by atoms with Gasteiger partial charge < -0.3 is 19.4 Å². The minimum Gasteiger partial charge on any atom is -0.350 e. The molecule has 0 amide bonds. The monoisotopic (exact) mass is 281 g/mol. The van der Waals surface area contributed by atoms with Crippen LogP contribution in [0.4, 0.5) is 0 Å². The smallest absolute Gasteiger partial charge is 0.200 e. The summed E-state index contributed by atoms with van der Waals surface area (Å²) in [5, 5.41) is 3.67. The van der Waals surface area contributed by atoms with Crippen LogP contribution < -0.4 is 5.32 Å². The third-order valence-corrected chi connectivity index (χ3v) is 4.06. The maximum Gasteiger partial charge on any atom is 0.200 e. The van der Waals surface area contributed by atoms with Crippen LogP contribution >= 0.6 is 0 Å². The first kappa shape index (κ1) is 15.5. The molecule has 1 aromatic rings. The number of imidazole rings is 1. The van der Waals surface area contributed by atoms with E-state index in [1.165, 1.54) is 38.5 Å². The highest BCUT2D eigenvalue weighted by molar-refractivity contribution is 5.00. The van der Waals surface area contributed by atoms with E-state index in [1.807, 2.05) is 12.5 Å². The van der Waals surface area contributed by atoms with Crippen molar-refractivity contribution < 1.29 is 9.47 Å². The predicted octanol–water partition coefficient (Wildman–Crippen LogP) is 2.49. The Morgan fingerprint density at radius 3 is 2.60 bits per heavy atom. The number of ether oxygens (including phenoxy) is 2. The van der Waals surface area contributed by atoms with Gasteiger partial charge in [0.2, 0.25) is 0 Å². The van der Waals surface area contributed by atoms with Crippen molar-refractivity contribution in [3.8, 4) is 0 Å². The summed E-state index contributed by atoms with van der Waals surface area (Å²) in [6.07, 6.45) is 11.5. The van der Waals surface area contributed by atoms with Crippen LogP contribution in [0.2, 0.25) is 0 Å². The van der Waals surface area contributed by atoms with E-state index < -0.39 is 0 Å². The van der Waals surface area contributed by atoms with E-state index in [1.54, 1.807) is 14.2 Å². The van der Waals surface area contributed by atoms with Gasteiger partial charge in [-0.2, -0.15) is 0 Å². The van der Waals surface area contributed by atoms with Gasteiger partial charge in [-0.3, -0.25) is 0 Å². The van der Waals surface area contributed by atoms with Crippen molar-refractivity contribution >= 4 is 0 Å². The van der Waals surface area contributed by atoms with E-state index in [9.17, 15) is 0 Å². The molecule has 1 heterocycles. The zero-order valence-electron chi connectivity index (χ0n) is 12.7. The third kappa shape index (κ3) is 4.30. The van der Waals surface area contributed by atoms with E-state index in [4.69, 9.17) is 9.47 Å². The molecule has 0 unspecified atom stereocenters. The number of hydrogen-bond donors (Lipinski definition) is 1. The summed E-state index contributed by atoms with van der Waals surface area (Å²) in [7, 11) is 3.30. The summed E-state index contributed by atoms with van der Waals surface area (Å²) >= 11 is 0. The van der Waals surface area contributed by atoms with Gasteiger partial charge in [0.25, 0.3) is 0 Å². The van der Waals surface area contributed by atoms with Gasteiger partial charge in [0, 0.05) is 33.4 Å². The third-order valence-electron chi connectivity index (χ3n) is 4.06. The molecule has 0 aromatic carbocycles. The first-order chi connectivity index (χ1) is 9.85. The van der Waals surface area contributed by atoms with E-state index >= 15 is 0 Å². The molecule has 5 heteroatoms. The standard InChI is InChI=1S/C15H27N3O2/c1-19-15(20-2)14-11-16-12-18(14)10-9-17-13-7-5-3-4-6-8-13/h11-13,15,17H,3-10H2,1-2H3. The second kappa shape index (κ2) is 8.39. The molecule has 0 saturated heterocycles. The van der Waals surface area contributed by atoms with Crippen LogP contribution in [-0.4, -0.2) is 36.4 Å². The average Bonchev–Trinajstić information content (AvgIpc) is 2.76. The van der Waals surface area contributed by atoms with E-state index in [2.05, 4.69) is 14.9 Å². The lowest BCUT2D eigenvalue weighted by Crippen LogP contribution is -2.31. The molecule has 0 aliphatic heterocycles. The number of nitrogens with one attached hydrogen (secondary N) is 1. The SMILES string of the molecule is COC(OC)c1cncn1CCNC1CCCCCC1. The molecule has 1 aliphatic rings. The lowest BCUT2D eigenvalue weighted by molar-refractivity contribution is -0.110. The number of aromatic nitrogens is 2. The summed E-state index contributed by atoms with van der Waals surface area (Å²) < 4.78 is 12.7. The first-order valence-electron chi connectivity index (χ1n) is 7.64. The molecule has 1 aliphatic carbocycles. The Morgan fingerprint density at radius 2 is 1.95 bits per heavy atom. The van der Waals surface area contributed by atoms with Crippen molar-refractivity contribution in [2.75, 3.05) is 20.8 Å². The van der Waals surface area contributed by atoms with Gasteiger partial charge in [-0.1, -0.05) is 25.7 Å². The largest absolute Gasteiger partial charge is 0.350 e. The molecule has 114 valence electrons. The Bertz CT molecular complexity index is 369. The quantitative estimate of drug-likeness (QED) is 0.616. The Labute approximate surface area is 121 Å². The fourth-order valence-corrected chi connectivity index (χ4v) is 2.92. The van der Waals surface area contributed by atoms with Gasteiger partial charge in [0.1, 0.15) is 0 Å². The Balaban J connectivity index is 1.80. The van der Waals surface area contributed by atoms with Crippen LogP contribution in [0.3, 0.4) is 0 Å². The Hall–Kier alpha value is -0.910. The minimum atomic E-state index is -0.338. The average molecular weight is 281 g/mol. The Morgan fingerprint density at radius 1 is 1.25 bits per heavy atom. The van der Waals surface area contributed by atoms with E-state index in [0.29, 0.717) is 6.04 Å². The molecule has 20 heavy (non-hydrogen) atoms. The second-order valence-electron chi connectivity index (χ2n) is 5.46. The lowest BCUT2D eigenvalue weighted by Gasteiger charge is -2.18. The molecule has 5 nitrogen and oxygen atoms in total. The fourth-order valence-electron chi connectivity index (χ4n) is 2.92. The number of rotatable bonds is 7. The number of methoxy groups -OCH3 is 2. The summed E-state index contributed by atoms with van der Waals surface area (Å²) in [6, 6.07) is 0.685. The summed E-state index contributed by atoms with van der Waals surface area (Å²) in [6.45, 7) is 1.86. The van der Waals surface area contributed by atoms with Gasteiger partial charge in [0.15, 0.2) is 6.29 Å². The number of hydrogen-bond acceptors (Lipinski definition) is 4. The van der Waals surface area contributed by atoms with Crippen molar-refractivity contribution in [2.24, 2.45) is 0 Å². The van der Waals surface area contributed by atoms with Gasteiger partial charge in [-0.05, 0) is 12.8 Å². The van der Waals surface area contributed by atoms with Crippen LogP contribution in [0.5, 0.6) is 0 Å². The molecule has 0 spiro atoms. The molecule has 0 radical (unpaired) electrons. The molecule has 0 atom stereocenters. The minimum absolute atomic E-state index is 0.338. The van der Waals surface area contributed by atoms with Crippen LogP contribution in [-0.2, 0) is 16.0 Å². The molecule has 2 rings (SSSR count). The van der Waals surface area contributed by atoms with Gasteiger partial charge in [-0.25, -0.2) is 4.98 Å². The topological polar surface area (TPSA) is 48.3 Å². The molecular formula is C15H27N3O2. The van der Waals surface area contributed by atoms with E-state index in [0.717, 1.165) is 18.8 Å². The van der Waals surface area contributed by atoms with Crippen LogP contribution in [0.1, 0.15) is 50.5 Å². The van der Waals surface area contributed by atoms with Crippen molar-refractivity contribution in [1.82, 2.24) is 14.9 Å². The number of nitrogens with zero attached hydrogens (tertiary/aromatic N) is 2. The highest BCUT2D eigenvalue weighted by Gasteiger charge is 2.15. The molecule has 0 bridgehead atoms. The van der Waals surface area contributed by atoms with Crippen molar-refractivity contribution in [3.63, 3.8) is 0 Å². The molecular weight excluding hydrogens is 254 g/mol. The zero-order valence-corrected chi connectivity index (χ0v) is 12.7. The normalized spacial score (nSPS) is 17.6. The highest BCUT2D eigenvalue weighted by Crippen LogP contribution is 2.18.